The van der Waals surface area contributed by atoms with Crippen LogP contribution >= 0.6 is 15.9 Å². The molecule has 18 heavy (non-hydrogen) atoms. The second-order valence-electron chi connectivity index (χ2n) is 4.03. The Kier molecular flexibility index (Phi) is 3.51. The summed E-state index contributed by atoms with van der Waals surface area (Å²) in [6.07, 6.45) is 1.78. The molecule has 0 radical (unpaired) electrons. The highest BCUT2D eigenvalue weighted by molar-refractivity contribution is 9.10. The predicted molar refractivity (Wildman–Crippen MR) is 72.3 cm³/mol. The third kappa shape index (κ3) is 2.45. The Morgan fingerprint density at radius 2 is 2.11 bits per heavy atom. The van der Waals surface area contributed by atoms with Gasteiger partial charge in [0, 0.05) is 18.4 Å². The van der Waals surface area contributed by atoms with E-state index in [2.05, 4.69) is 26.0 Å². The zero-order valence-corrected chi connectivity index (χ0v) is 11.8. The summed E-state index contributed by atoms with van der Waals surface area (Å²) in [5, 5.41) is 4.07. The maximum atomic E-state index is 11.8. The summed E-state index contributed by atoms with van der Waals surface area (Å²) >= 11 is 3.43. The molecule has 0 atom stereocenters. The molecule has 2 aromatic rings. The molecule has 0 saturated carbocycles. The van der Waals surface area contributed by atoms with Crippen molar-refractivity contribution in [3.63, 3.8) is 0 Å². The number of aryl methyl sites for hydroxylation is 2. The summed E-state index contributed by atoms with van der Waals surface area (Å²) in [5.74, 6) is 0.474. The summed E-state index contributed by atoms with van der Waals surface area (Å²) in [6.45, 7) is 4.78. The standard InChI is InChI=1S/C11H14BrN5O/c1-7-10(12)8(2)17(11(18)14-7)6-5-16-4-3-9(13)15-16/h3-4H,5-6H2,1-2H3,(H2,13,15). The van der Waals surface area contributed by atoms with Crippen molar-refractivity contribution in [1.29, 1.82) is 0 Å². The van der Waals surface area contributed by atoms with Crippen molar-refractivity contribution in [1.82, 2.24) is 19.3 Å². The van der Waals surface area contributed by atoms with Gasteiger partial charge >= 0.3 is 5.69 Å². The number of nitrogens with two attached hydrogens (primary N) is 1. The highest BCUT2D eigenvalue weighted by Crippen LogP contribution is 2.16. The average molecular weight is 312 g/mol. The lowest BCUT2D eigenvalue weighted by Crippen LogP contribution is -2.28. The van der Waals surface area contributed by atoms with Crippen LogP contribution in [0, 0.1) is 13.8 Å². The molecule has 0 unspecified atom stereocenters. The van der Waals surface area contributed by atoms with Crippen LogP contribution in [0.1, 0.15) is 11.4 Å². The number of nitrogens with zero attached hydrogens (tertiary/aromatic N) is 4. The van der Waals surface area contributed by atoms with Gasteiger partial charge in [-0.05, 0) is 35.8 Å². The molecule has 6 nitrogen and oxygen atoms in total. The van der Waals surface area contributed by atoms with Crippen LogP contribution in [0.25, 0.3) is 0 Å². The van der Waals surface area contributed by atoms with E-state index in [1.807, 2.05) is 6.92 Å². The first-order chi connectivity index (χ1) is 8.49. The zero-order valence-electron chi connectivity index (χ0n) is 10.2. The van der Waals surface area contributed by atoms with E-state index in [1.165, 1.54) is 0 Å². The van der Waals surface area contributed by atoms with Crippen LogP contribution in [0.3, 0.4) is 0 Å². The molecule has 2 heterocycles. The Morgan fingerprint density at radius 3 is 2.72 bits per heavy atom. The number of rotatable bonds is 3. The topological polar surface area (TPSA) is 78.7 Å². The number of nitrogen functional groups attached to an aromatic ring is 1. The first-order valence-corrected chi connectivity index (χ1v) is 6.31. The number of hydrogen-bond donors (Lipinski definition) is 1. The fraction of sp³-hybridized carbons (Fsp3) is 0.364. The summed E-state index contributed by atoms with van der Waals surface area (Å²) in [6, 6.07) is 1.72. The van der Waals surface area contributed by atoms with Gasteiger partial charge in [0.15, 0.2) is 0 Å². The molecule has 2 N–H and O–H groups in total. The van der Waals surface area contributed by atoms with Gasteiger partial charge in [0.25, 0.3) is 0 Å². The van der Waals surface area contributed by atoms with Crippen molar-refractivity contribution >= 4 is 21.7 Å². The van der Waals surface area contributed by atoms with E-state index in [0.29, 0.717) is 24.6 Å². The molecule has 0 aromatic carbocycles. The van der Waals surface area contributed by atoms with Crippen LogP contribution in [0.4, 0.5) is 5.82 Å². The first-order valence-electron chi connectivity index (χ1n) is 5.51. The monoisotopic (exact) mass is 311 g/mol. The third-order valence-electron chi connectivity index (χ3n) is 2.75. The van der Waals surface area contributed by atoms with E-state index in [1.54, 1.807) is 28.4 Å². The van der Waals surface area contributed by atoms with Gasteiger partial charge in [0.1, 0.15) is 5.82 Å². The number of halogens is 1. The van der Waals surface area contributed by atoms with Crippen LogP contribution in [0.15, 0.2) is 21.5 Å². The quantitative estimate of drug-likeness (QED) is 0.920. The Bertz CT molecular complexity index is 631. The molecule has 0 spiro atoms. The van der Waals surface area contributed by atoms with E-state index in [0.717, 1.165) is 10.2 Å². The van der Waals surface area contributed by atoms with E-state index >= 15 is 0 Å². The van der Waals surface area contributed by atoms with Crippen molar-refractivity contribution in [2.75, 3.05) is 5.73 Å². The Labute approximate surface area is 113 Å². The Hall–Kier alpha value is -1.63. The molecule has 7 heteroatoms. The Morgan fingerprint density at radius 1 is 1.39 bits per heavy atom. The molecule has 2 rings (SSSR count). The number of hydrogen-bond acceptors (Lipinski definition) is 4. The minimum absolute atomic E-state index is 0.242. The lowest BCUT2D eigenvalue weighted by molar-refractivity contribution is 0.508. The SMILES string of the molecule is Cc1nc(=O)n(CCn2ccc(N)n2)c(C)c1Br. The highest BCUT2D eigenvalue weighted by Gasteiger charge is 2.09. The normalized spacial score (nSPS) is 10.8. The molecule has 0 aliphatic rings. The van der Waals surface area contributed by atoms with Gasteiger partial charge in [-0.3, -0.25) is 9.25 Å². The van der Waals surface area contributed by atoms with Crippen LogP contribution < -0.4 is 11.4 Å². The minimum atomic E-state index is -0.242. The maximum Gasteiger partial charge on any atom is 0.348 e. The molecule has 0 bridgehead atoms. The van der Waals surface area contributed by atoms with Crippen LogP contribution in [0.5, 0.6) is 0 Å². The van der Waals surface area contributed by atoms with Gasteiger partial charge in [0.05, 0.1) is 16.7 Å². The van der Waals surface area contributed by atoms with Crippen molar-refractivity contribution < 1.29 is 0 Å². The number of anilines is 1. The first kappa shape index (κ1) is 12.8. The molecule has 0 saturated heterocycles. The third-order valence-corrected chi connectivity index (χ3v) is 3.90. The van der Waals surface area contributed by atoms with Crippen LogP contribution in [-0.2, 0) is 13.1 Å². The fourth-order valence-electron chi connectivity index (χ4n) is 1.74. The summed E-state index contributed by atoms with van der Waals surface area (Å²) in [4.78, 5) is 15.8. The largest absolute Gasteiger partial charge is 0.382 e. The predicted octanol–water partition coefficient (Wildman–Crippen LogP) is 1.10. The van der Waals surface area contributed by atoms with Crippen LogP contribution in [-0.4, -0.2) is 19.3 Å². The molecular weight excluding hydrogens is 298 g/mol. The summed E-state index contributed by atoms with van der Waals surface area (Å²) in [7, 11) is 0. The van der Waals surface area contributed by atoms with Crippen LogP contribution in [0.2, 0.25) is 0 Å². The van der Waals surface area contributed by atoms with Gasteiger partial charge < -0.3 is 5.73 Å². The molecule has 0 fully saturated rings. The summed E-state index contributed by atoms with van der Waals surface area (Å²) in [5.41, 5.74) is 6.86. The van der Waals surface area contributed by atoms with Crippen molar-refractivity contribution in [3.05, 3.63) is 38.6 Å². The molecule has 0 amide bonds. The van der Waals surface area contributed by atoms with Gasteiger partial charge in [-0.15, -0.1) is 0 Å². The second kappa shape index (κ2) is 4.93. The molecule has 2 aromatic heterocycles. The zero-order chi connectivity index (χ0) is 13.3. The second-order valence-corrected chi connectivity index (χ2v) is 4.83. The maximum absolute atomic E-state index is 11.8. The van der Waals surface area contributed by atoms with Gasteiger partial charge in [0.2, 0.25) is 0 Å². The minimum Gasteiger partial charge on any atom is -0.382 e. The fourth-order valence-corrected chi connectivity index (χ4v) is 2.05. The lowest BCUT2D eigenvalue weighted by atomic mass is 10.3. The average Bonchev–Trinajstić information content (AvgIpc) is 2.72. The molecular formula is C11H14BrN5O. The van der Waals surface area contributed by atoms with E-state index in [4.69, 9.17) is 5.73 Å². The van der Waals surface area contributed by atoms with Gasteiger partial charge in [-0.2, -0.15) is 10.1 Å². The Balaban J connectivity index is 2.24. The summed E-state index contributed by atoms with van der Waals surface area (Å²) < 4.78 is 4.19. The van der Waals surface area contributed by atoms with E-state index in [9.17, 15) is 4.79 Å². The van der Waals surface area contributed by atoms with Crippen molar-refractivity contribution in [2.24, 2.45) is 0 Å². The van der Waals surface area contributed by atoms with E-state index < -0.39 is 0 Å². The highest BCUT2D eigenvalue weighted by atomic mass is 79.9. The molecule has 96 valence electrons. The van der Waals surface area contributed by atoms with Gasteiger partial charge in [-0.25, -0.2) is 4.79 Å². The van der Waals surface area contributed by atoms with Crippen molar-refractivity contribution in [3.8, 4) is 0 Å². The van der Waals surface area contributed by atoms with E-state index in [-0.39, 0.29) is 5.69 Å². The van der Waals surface area contributed by atoms with Crippen molar-refractivity contribution in [2.45, 2.75) is 26.9 Å². The smallest absolute Gasteiger partial charge is 0.348 e. The van der Waals surface area contributed by atoms with Gasteiger partial charge in [-0.1, -0.05) is 0 Å². The lowest BCUT2D eigenvalue weighted by Gasteiger charge is -2.11. The number of aromatic nitrogens is 4. The molecule has 0 aliphatic carbocycles. The molecule has 0 aliphatic heterocycles.